The van der Waals surface area contributed by atoms with E-state index in [1.54, 1.807) is 4.57 Å². The van der Waals surface area contributed by atoms with Gasteiger partial charge >= 0.3 is 0 Å². The molecule has 3 aromatic heterocycles. The predicted molar refractivity (Wildman–Crippen MR) is 127 cm³/mol. The number of ether oxygens (including phenoxy) is 1. The Bertz CT molecular complexity index is 1350. The zero-order valence-electron chi connectivity index (χ0n) is 17.8. The third-order valence-electron chi connectivity index (χ3n) is 5.43. The Kier molecular flexibility index (Phi) is 5.75. The molecule has 32 heavy (non-hydrogen) atoms. The molecule has 4 heterocycles. The van der Waals surface area contributed by atoms with Gasteiger partial charge in [0.25, 0.3) is 5.56 Å². The fraction of sp³-hybridized carbons (Fsp3) is 0.364. The maximum atomic E-state index is 13.1. The van der Waals surface area contributed by atoms with Gasteiger partial charge in [0, 0.05) is 12.3 Å². The predicted octanol–water partition coefficient (Wildman–Crippen LogP) is 3.63. The topological polar surface area (TPSA) is 90.5 Å². The van der Waals surface area contributed by atoms with E-state index in [1.165, 1.54) is 23.1 Å². The van der Waals surface area contributed by atoms with Crippen molar-refractivity contribution in [1.29, 1.82) is 0 Å². The van der Waals surface area contributed by atoms with Gasteiger partial charge in [-0.05, 0) is 61.4 Å². The summed E-state index contributed by atoms with van der Waals surface area (Å²) in [5.41, 5.74) is 3.67. The molecular weight excluding hydrogens is 446 g/mol. The summed E-state index contributed by atoms with van der Waals surface area (Å²) in [5.74, 6) is 0.546. The van der Waals surface area contributed by atoms with Crippen LogP contribution in [0.2, 0.25) is 0 Å². The molecule has 0 unspecified atom stereocenters. The van der Waals surface area contributed by atoms with Gasteiger partial charge in [-0.2, -0.15) is 0 Å². The van der Waals surface area contributed by atoms with Crippen LogP contribution in [0.15, 0.2) is 39.6 Å². The van der Waals surface area contributed by atoms with Gasteiger partial charge in [-0.15, -0.1) is 21.5 Å². The molecule has 4 aromatic rings. The number of carbonyl (C=O) groups excluding carboxylic acids is 1. The van der Waals surface area contributed by atoms with E-state index in [9.17, 15) is 9.59 Å². The lowest BCUT2D eigenvalue weighted by atomic mass is 10.1. The monoisotopic (exact) mass is 469 g/mol. The molecule has 1 amide bonds. The number of aromatic nitrogens is 4. The van der Waals surface area contributed by atoms with E-state index in [-0.39, 0.29) is 23.3 Å². The van der Waals surface area contributed by atoms with Gasteiger partial charge in [-0.3, -0.25) is 18.6 Å². The maximum absolute atomic E-state index is 13.1. The second kappa shape index (κ2) is 8.68. The Balaban J connectivity index is 1.42. The number of thioether (sulfide) groups is 1. The zero-order valence-corrected chi connectivity index (χ0v) is 19.5. The standard InChI is InChI=1S/C22H23N5O3S2/c1-13-8-14(2)10-15(9-13)23-18(28)12-32-22-25-24-21-26(11-16-4-3-6-30-16)20(29)19-17(27(21)22)5-7-31-19/h5,7-10,16H,3-4,6,11-12H2,1-2H3,(H,23,28)/t16-/m1/s1. The lowest BCUT2D eigenvalue weighted by Gasteiger charge is -2.13. The second-order valence-electron chi connectivity index (χ2n) is 8.02. The molecular formula is C22H23N5O3S2. The highest BCUT2D eigenvalue weighted by atomic mass is 32.2. The lowest BCUT2D eigenvalue weighted by Crippen LogP contribution is -2.28. The van der Waals surface area contributed by atoms with Crippen LogP contribution in [0, 0.1) is 13.8 Å². The van der Waals surface area contributed by atoms with E-state index in [0.29, 0.717) is 22.2 Å². The Morgan fingerprint density at radius 2 is 2.09 bits per heavy atom. The van der Waals surface area contributed by atoms with Crippen LogP contribution in [-0.2, 0) is 16.1 Å². The average Bonchev–Trinajstić information content (AvgIpc) is 3.49. The number of nitrogens with one attached hydrogen (secondary N) is 1. The van der Waals surface area contributed by atoms with Crippen molar-refractivity contribution < 1.29 is 9.53 Å². The summed E-state index contributed by atoms with van der Waals surface area (Å²) in [5, 5.41) is 14.0. The summed E-state index contributed by atoms with van der Waals surface area (Å²) in [4.78, 5) is 25.7. The summed E-state index contributed by atoms with van der Waals surface area (Å²) in [6.45, 7) is 5.18. The molecule has 166 valence electrons. The SMILES string of the molecule is Cc1cc(C)cc(NC(=O)CSc2nnc3n(C[C@H]4CCCO4)c(=O)c4sccc4n23)c1. The van der Waals surface area contributed by atoms with Gasteiger partial charge in [0.05, 0.1) is 23.9 Å². The van der Waals surface area contributed by atoms with E-state index >= 15 is 0 Å². The van der Waals surface area contributed by atoms with Crippen molar-refractivity contribution in [1.82, 2.24) is 19.2 Å². The molecule has 1 N–H and O–H groups in total. The van der Waals surface area contributed by atoms with Crippen molar-refractivity contribution in [3.63, 3.8) is 0 Å². The largest absolute Gasteiger partial charge is 0.376 e. The average molecular weight is 470 g/mol. The van der Waals surface area contributed by atoms with Crippen LogP contribution in [0.4, 0.5) is 5.69 Å². The number of aryl methyl sites for hydroxylation is 2. The number of hydrogen-bond donors (Lipinski definition) is 1. The van der Waals surface area contributed by atoms with Gasteiger partial charge < -0.3 is 10.1 Å². The number of fused-ring (bicyclic) bond motifs is 3. The summed E-state index contributed by atoms with van der Waals surface area (Å²) in [6, 6.07) is 7.85. The van der Waals surface area contributed by atoms with Crippen molar-refractivity contribution in [2.75, 3.05) is 17.7 Å². The van der Waals surface area contributed by atoms with E-state index in [0.717, 1.165) is 41.8 Å². The first-order chi connectivity index (χ1) is 15.5. The summed E-state index contributed by atoms with van der Waals surface area (Å²) in [7, 11) is 0. The summed E-state index contributed by atoms with van der Waals surface area (Å²) in [6.07, 6.45) is 1.93. The Morgan fingerprint density at radius 1 is 1.28 bits per heavy atom. The quantitative estimate of drug-likeness (QED) is 0.434. The number of rotatable bonds is 6. The maximum Gasteiger partial charge on any atom is 0.272 e. The van der Waals surface area contributed by atoms with Crippen LogP contribution in [0.25, 0.3) is 16.0 Å². The number of carbonyl (C=O) groups is 1. The molecule has 0 spiro atoms. The fourth-order valence-electron chi connectivity index (χ4n) is 4.12. The van der Waals surface area contributed by atoms with Crippen molar-refractivity contribution >= 4 is 50.7 Å². The van der Waals surface area contributed by atoms with E-state index in [4.69, 9.17) is 4.74 Å². The minimum absolute atomic E-state index is 0.00489. The number of benzene rings is 1. The molecule has 1 aromatic carbocycles. The van der Waals surface area contributed by atoms with Gasteiger partial charge in [0.2, 0.25) is 11.7 Å². The van der Waals surface area contributed by atoms with E-state index in [2.05, 4.69) is 21.6 Å². The first-order valence-corrected chi connectivity index (χ1v) is 12.3. The summed E-state index contributed by atoms with van der Waals surface area (Å²) >= 11 is 2.71. The molecule has 0 saturated carbocycles. The first-order valence-electron chi connectivity index (χ1n) is 10.5. The fourth-order valence-corrected chi connectivity index (χ4v) is 5.69. The van der Waals surface area contributed by atoms with Crippen LogP contribution in [-0.4, -0.2) is 43.5 Å². The van der Waals surface area contributed by atoms with E-state index in [1.807, 2.05) is 41.8 Å². The highest BCUT2D eigenvalue weighted by Crippen LogP contribution is 2.25. The van der Waals surface area contributed by atoms with Crippen molar-refractivity contribution in [3.05, 3.63) is 51.1 Å². The van der Waals surface area contributed by atoms with Crippen LogP contribution in [0.1, 0.15) is 24.0 Å². The third-order valence-corrected chi connectivity index (χ3v) is 7.25. The van der Waals surface area contributed by atoms with Crippen LogP contribution in [0.5, 0.6) is 0 Å². The molecule has 0 radical (unpaired) electrons. The van der Waals surface area contributed by atoms with Gasteiger partial charge in [0.15, 0.2) is 5.16 Å². The highest BCUT2D eigenvalue weighted by molar-refractivity contribution is 7.99. The Labute approximate surface area is 192 Å². The third kappa shape index (κ3) is 4.05. The number of nitrogens with zero attached hydrogens (tertiary/aromatic N) is 4. The molecule has 1 fully saturated rings. The van der Waals surface area contributed by atoms with Gasteiger partial charge in [-0.25, -0.2) is 0 Å². The first kappa shape index (κ1) is 21.2. The van der Waals surface area contributed by atoms with Crippen LogP contribution >= 0.6 is 23.1 Å². The van der Waals surface area contributed by atoms with Crippen LogP contribution in [0.3, 0.4) is 0 Å². The number of anilines is 1. The normalized spacial score (nSPS) is 16.2. The van der Waals surface area contributed by atoms with Crippen molar-refractivity contribution in [2.45, 2.75) is 44.5 Å². The molecule has 0 aliphatic carbocycles. The number of hydrogen-bond acceptors (Lipinski definition) is 7. The Morgan fingerprint density at radius 3 is 2.84 bits per heavy atom. The van der Waals surface area contributed by atoms with Crippen LogP contribution < -0.4 is 10.9 Å². The molecule has 1 aliphatic rings. The molecule has 1 saturated heterocycles. The van der Waals surface area contributed by atoms with Crippen molar-refractivity contribution in [3.8, 4) is 0 Å². The molecule has 10 heteroatoms. The molecule has 8 nitrogen and oxygen atoms in total. The van der Waals surface area contributed by atoms with Crippen molar-refractivity contribution in [2.24, 2.45) is 0 Å². The zero-order chi connectivity index (χ0) is 22.2. The van der Waals surface area contributed by atoms with E-state index < -0.39 is 0 Å². The highest BCUT2D eigenvalue weighted by Gasteiger charge is 2.23. The molecule has 1 aliphatic heterocycles. The molecule has 5 rings (SSSR count). The minimum Gasteiger partial charge on any atom is -0.376 e. The van der Waals surface area contributed by atoms with Gasteiger partial charge in [-0.1, -0.05) is 17.8 Å². The lowest BCUT2D eigenvalue weighted by molar-refractivity contribution is -0.113. The minimum atomic E-state index is -0.119. The number of amides is 1. The Hall–Kier alpha value is -2.69. The second-order valence-corrected chi connectivity index (χ2v) is 9.88. The molecule has 0 bridgehead atoms. The number of thiophene rings is 1. The molecule has 1 atom stereocenters. The van der Waals surface area contributed by atoms with Gasteiger partial charge in [0.1, 0.15) is 4.70 Å². The summed E-state index contributed by atoms with van der Waals surface area (Å²) < 4.78 is 9.92. The smallest absolute Gasteiger partial charge is 0.272 e.